The number of aromatic nitrogens is 1. The lowest BCUT2D eigenvalue weighted by Gasteiger charge is -2.41. The Kier molecular flexibility index (Phi) is 10.9. The van der Waals surface area contributed by atoms with Gasteiger partial charge in [0.25, 0.3) is 0 Å². The van der Waals surface area contributed by atoms with Crippen molar-refractivity contribution in [2.45, 2.75) is 48.5 Å². The molecule has 5 aromatic rings. The number of aliphatic hydroxyl groups excluding tert-OH is 1. The van der Waals surface area contributed by atoms with Crippen LogP contribution in [0.25, 0.3) is 11.1 Å². The van der Waals surface area contributed by atoms with Gasteiger partial charge in [-0.25, -0.2) is 22.9 Å². The van der Waals surface area contributed by atoms with Crippen LogP contribution in [0.1, 0.15) is 51.9 Å². The van der Waals surface area contributed by atoms with E-state index in [0.29, 0.717) is 10.8 Å². The third-order valence-electron chi connectivity index (χ3n) is 8.53. The summed E-state index contributed by atoms with van der Waals surface area (Å²) in [6, 6.07) is 34.5. The van der Waals surface area contributed by atoms with Crippen molar-refractivity contribution in [2.24, 2.45) is 5.92 Å². The Morgan fingerprint density at radius 2 is 1.55 bits per heavy atom. The van der Waals surface area contributed by atoms with Crippen LogP contribution in [0.3, 0.4) is 0 Å². The number of nitrogens with one attached hydrogen (secondary N) is 1. The molecule has 0 amide bonds. The lowest BCUT2D eigenvalue weighted by atomic mass is 9.91. The zero-order valence-electron chi connectivity index (χ0n) is 26.7. The Bertz CT molecular complexity index is 1990. The molecule has 4 aromatic carbocycles. The highest BCUT2D eigenvalue weighted by atomic mass is 32.2. The molecule has 0 bridgehead atoms. The summed E-state index contributed by atoms with van der Waals surface area (Å²) in [5.74, 6) is -0.675. The number of pyridine rings is 1. The van der Waals surface area contributed by atoms with Crippen LogP contribution in [-0.4, -0.2) is 41.4 Å². The second kappa shape index (κ2) is 15.5. The van der Waals surface area contributed by atoms with Gasteiger partial charge >= 0.3 is 5.97 Å². The summed E-state index contributed by atoms with van der Waals surface area (Å²) in [4.78, 5) is 16.3. The molecule has 1 aliphatic heterocycles. The molecule has 252 valence electrons. The number of sulfonamides is 1. The van der Waals surface area contributed by atoms with Crippen LogP contribution < -0.4 is 4.72 Å². The van der Waals surface area contributed by atoms with E-state index in [-0.39, 0.29) is 41.7 Å². The first-order chi connectivity index (χ1) is 23.7. The number of hydrogen-bond donors (Lipinski definition) is 3. The number of rotatable bonds is 12. The Balaban J connectivity index is 1.23. The Morgan fingerprint density at radius 3 is 2.27 bits per heavy atom. The molecule has 0 radical (unpaired) electrons. The fourth-order valence-electron chi connectivity index (χ4n) is 5.77. The number of benzene rings is 4. The van der Waals surface area contributed by atoms with Gasteiger partial charge in [0.15, 0.2) is 6.29 Å². The number of ether oxygens (including phenoxy) is 2. The Hall–Kier alpha value is -4.36. The third kappa shape index (κ3) is 8.10. The summed E-state index contributed by atoms with van der Waals surface area (Å²) in [5, 5.41) is 19.6. The van der Waals surface area contributed by atoms with Crippen molar-refractivity contribution in [3.8, 4) is 11.1 Å². The average Bonchev–Trinajstić information content (AvgIpc) is 3.14. The van der Waals surface area contributed by atoms with Crippen LogP contribution in [0.5, 0.6) is 0 Å². The summed E-state index contributed by atoms with van der Waals surface area (Å²) < 4.78 is 41.6. The largest absolute Gasteiger partial charge is 0.478 e. The topological polar surface area (TPSA) is 135 Å². The summed E-state index contributed by atoms with van der Waals surface area (Å²) in [7, 11) is -3.68. The lowest BCUT2D eigenvalue weighted by Crippen LogP contribution is -2.38. The molecular formula is C38H36N2O7S2. The smallest absolute Gasteiger partial charge is 0.338 e. The van der Waals surface area contributed by atoms with Gasteiger partial charge < -0.3 is 19.7 Å². The van der Waals surface area contributed by atoms with E-state index in [0.717, 1.165) is 33.4 Å². The monoisotopic (exact) mass is 696 g/mol. The molecule has 0 unspecified atom stereocenters. The zero-order chi connectivity index (χ0) is 34.4. The van der Waals surface area contributed by atoms with E-state index in [1.807, 2.05) is 72.8 Å². The van der Waals surface area contributed by atoms with Crippen molar-refractivity contribution in [1.82, 2.24) is 9.71 Å². The van der Waals surface area contributed by atoms with Crippen LogP contribution >= 0.6 is 11.8 Å². The average molecular weight is 697 g/mol. The van der Waals surface area contributed by atoms with Crippen molar-refractivity contribution in [3.05, 3.63) is 149 Å². The molecule has 1 saturated heterocycles. The molecular weight excluding hydrogens is 661 g/mol. The van der Waals surface area contributed by atoms with E-state index >= 15 is 0 Å². The quantitative estimate of drug-likeness (QED) is 0.118. The van der Waals surface area contributed by atoms with E-state index < -0.39 is 22.3 Å². The minimum Gasteiger partial charge on any atom is -0.478 e. The predicted molar refractivity (Wildman–Crippen MR) is 187 cm³/mol. The van der Waals surface area contributed by atoms with Gasteiger partial charge in [-0.2, -0.15) is 0 Å². The van der Waals surface area contributed by atoms with E-state index in [9.17, 15) is 23.4 Å². The molecule has 49 heavy (non-hydrogen) atoms. The van der Waals surface area contributed by atoms with Gasteiger partial charge in [-0.05, 0) is 52.1 Å². The highest BCUT2D eigenvalue weighted by Gasteiger charge is 2.38. The molecule has 1 aliphatic rings. The van der Waals surface area contributed by atoms with E-state index in [4.69, 9.17) is 9.47 Å². The SMILES string of the molecule is C[C@H]1[C@@H](CSc2ncccc2C(=O)O)O[C@@H](c2ccc(-c3ccccc3CNS(=O)(=O)c3ccccc3)cc2)O[C@H]1c1ccc(CO)cc1. The predicted octanol–water partition coefficient (Wildman–Crippen LogP) is 7.00. The molecule has 1 aromatic heterocycles. The fraction of sp³-hybridized carbons (Fsp3) is 0.211. The molecule has 4 atom stereocenters. The zero-order valence-corrected chi connectivity index (χ0v) is 28.3. The van der Waals surface area contributed by atoms with E-state index in [1.165, 1.54) is 17.8 Å². The van der Waals surface area contributed by atoms with Gasteiger partial charge in [-0.15, -0.1) is 11.8 Å². The molecule has 3 N–H and O–H groups in total. The standard InChI is InChI=1S/C38H36N2O7S2/c1-25-34(24-48-36-33(37(42)43)12-7-21-39-36)46-38(47-35(25)28-15-13-26(23-41)14-16-28)29-19-17-27(18-20-29)32-11-6-5-8-30(32)22-40-49(44,45)31-9-3-2-4-10-31/h2-21,25,34-35,38,40-41H,22-24H2,1H3,(H,42,43)/t25-,34+,35+,38+/m0/s1. The lowest BCUT2D eigenvalue weighted by molar-refractivity contribution is -0.268. The molecule has 6 rings (SSSR count). The number of aromatic carboxylic acids is 1. The minimum absolute atomic E-state index is 0.0588. The third-order valence-corrected chi connectivity index (χ3v) is 11.0. The second-order valence-electron chi connectivity index (χ2n) is 11.7. The number of aliphatic hydroxyl groups is 1. The number of carboxylic acids is 1. The van der Waals surface area contributed by atoms with Crippen LogP contribution in [0.15, 0.2) is 131 Å². The normalized spacial score (nSPS) is 19.4. The van der Waals surface area contributed by atoms with Gasteiger partial charge in [0.05, 0.1) is 29.3 Å². The molecule has 0 spiro atoms. The van der Waals surface area contributed by atoms with Crippen LogP contribution in [0.4, 0.5) is 0 Å². The van der Waals surface area contributed by atoms with Crippen LogP contribution in [-0.2, 0) is 32.6 Å². The number of carboxylic acid groups (broad SMARTS) is 1. The Labute approximate surface area is 290 Å². The van der Waals surface area contributed by atoms with E-state index in [2.05, 4.69) is 16.6 Å². The summed E-state index contributed by atoms with van der Waals surface area (Å²) >= 11 is 1.34. The van der Waals surface area contributed by atoms with Crippen LogP contribution in [0, 0.1) is 5.92 Å². The number of carbonyl (C=O) groups is 1. The molecule has 9 nitrogen and oxygen atoms in total. The highest BCUT2D eigenvalue weighted by Crippen LogP contribution is 2.43. The maximum absolute atomic E-state index is 12.9. The van der Waals surface area contributed by atoms with Crippen molar-refractivity contribution < 1.29 is 32.9 Å². The molecule has 0 saturated carbocycles. The first kappa shape index (κ1) is 34.5. The van der Waals surface area contributed by atoms with Gasteiger partial charge in [0.1, 0.15) is 5.03 Å². The van der Waals surface area contributed by atoms with Crippen molar-refractivity contribution in [2.75, 3.05) is 5.75 Å². The maximum Gasteiger partial charge on any atom is 0.338 e. The molecule has 11 heteroatoms. The van der Waals surface area contributed by atoms with Gasteiger partial charge in [0.2, 0.25) is 10.0 Å². The minimum atomic E-state index is -3.68. The van der Waals surface area contributed by atoms with E-state index in [1.54, 1.807) is 42.6 Å². The summed E-state index contributed by atoms with van der Waals surface area (Å²) in [6.07, 6.45) is 0.217. The van der Waals surface area contributed by atoms with Gasteiger partial charge in [0, 0.05) is 30.0 Å². The van der Waals surface area contributed by atoms with Crippen molar-refractivity contribution in [1.29, 1.82) is 0 Å². The first-order valence-electron chi connectivity index (χ1n) is 15.8. The second-order valence-corrected chi connectivity index (χ2v) is 14.5. The van der Waals surface area contributed by atoms with Crippen molar-refractivity contribution in [3.63, 3.8) is 0 Å². The number of thioether (sulfide) groups is 1. The van der Waals surface area contributed by atoms with Crippen LogP contribution in [0.2, 0.25) is 0 Å². The molecule has 0 aliphatic carbocycles. The summed E-state index contributed by atoms with van der Waals surface area (Å²) in [5.41, 5.74) is 5.31. The highest BCUT2D eigenvalue weighted by molar-refractivity contribution is 7.99. The van der Waals surface area contributed by atoms with Crippen molar-refractivity contribution >= 4 is 27.8 Å². The fourth-order valence-corrected chi connectivity index (χ4v) is 7.95. The number of nitrogens with zero attached hydrogens (tertiary/aromatic N) is 1. The van der Waals surface area contributed by atoms with Gasteiger partial charge in [-0.3, -0.25) is 0 Å². The molecule has 1 fully saturated rings. The number of hydrogen-bond acceptors (Lipinski definition) is 8. The van der Waals surface area contributed by atoms with Gasteiger partial charge in [-0.1, -0.05) is 97.9 Å². The summed E-state index contributed by atoms with van der Waals surface area (Å²) in [6.45, 7) is 2.11. The maximum atomic E-state index is 12.9. The first-order valence-corrected chi connectivity index (χ1v) is 18.2. The molecule has 2 heterocycles. The Morgan fingerprint density at radius 1 is 0.857 bits per heavy atom.